The fourth-order valence-corrected chi connectivity index (χ4v) is 2.65. The number of nitrogens with zero attached hydrogens (tertiary/aromatic N) is 2. The van der Waals surface area contributed by atoms with Gasteiger partial charge in [0.25, 0.3) is 0 Å². The molecule has 1 aliphatic heterocycles. The third-order valence-corrected chi connectivity index (χ3v) is 4.31. The van der Waals surface area contributed by atoms with Crippen molar-refractivity contribution in [1.29, 1.82) is 5.26 Å². The van der Waals surface area contributed by atoms with Gasteiger partial charge >= 0.3 is 5.97 Å². The Morgan fingerprint density at radius 1 is 1.23 bits per heavy atom. The van der Waals surface area contributed by atoms with Crippen molar-refractivity contribution in [2.24, 2.45) is 0 Å². The molecule has 0 saturated carbocycles. The van der Waals surface area contributed by atoms with E-state index in [4.69, 9.17) is 15.1 Å². The predicted molar refractivity (Wildman–Crippen MR) is 120 cm³/mol. The molecule has 1 unspecified atom stereocenters. The molecule has 1 atom stereocenters. The van der Waals surface area contributed by atoms with Crippen molar-refractivity contribution in [3.8, 4) is 6.07 Å². The maximum atomic E-state index is 11.1. The van der Waals surface area contributed by atoms with E-state index in [9.17, 15) is 9.90 Å². The molecule has 1 aliphatic rings. The summed E-state index contributed by atoms with van der Waals surface area (Å²) < 4.78 is 5.22. The van der Waals surface area contributed by atoms with Gasteiger partial charge in [-0.2, -0.15) is 5.26 Å². The second-order valence-electron chi connectivity index (χ2n) is 6.66. The molecule has 1 aromatic rings. The van der Waals surface area contributed by atoms with Crippen LogP contribution in [0.4, 0.5) is 0 Å². The Labute approximate surface area is 181 Å². The lowest BCUT2D eigenvalue weighted by atomic mass is 9.96. The Balaban J connectivity index is 0.000000712. The molecule has 2 N–H and O–H groups in total. The summed E-state index contributed by atoms with van der Waals surface area (Å²) in [4.78, 5) is 12.8. The van der Waals surface area contributed by atoms with Crippen LogP contribution in [-0.4, -0.2) is 41.3 Å². The number of carboxylic acids is 1. The minimum absolute atomic E-state index is 0.132. The topological polar surface area (TPSA) is 93.8 Å². The number of aliphatic hydroxyl groups is 1. The Hall–Kier alpha value is -2.78. The summed E-state index contributed by atoms with van der Waals surface area (Å²) in [5, 5.41) is 27.8. The largest absolute Gasteiger partial charge is 0.506 e. The maximum Gasteiger partial charge on any atom is 0.339 e. The number of likely N-dealkylation sites (N-methyl/N-ethyl adjacent to an activating group) is 1. The smallest absolute Gasteiger partial charge is 0.339 e. The first kappa shape index (κ1) is 27.2. The van der Waals surface area contributed by atoms with Crippen LogP contribution in [0.15, 0.2) is 41.8 Å². The van der Waals surface area contributed by atoms with Crippen LogP contribution in [-0.2, 0) is 9.53 Å². The van der Waals surface area contributed by atoms with E-state index < -0.39 is 5.97 Å². The normalized spacial score (nSPS) is 14.8. The summed E-state index contributed by atoms with van der Waals surface area (Å²) in [6.07, 6.45) is 6.44. The van der Waals surface area contributed by atoms with Gasteiger partial charge < -0.3 is 19.8 Å². The van der Waals surface area contributed by atoms with Crippen molar-refractivity contribution < 1.29 is 19.7 Å². The van der Waals surface area contributed by atoms with Crippen LogP contribution >= 0.6 is 0 Å². The quantitative estimate of drug-likeness (QED) is 0.570. The van der Waals surface area contributed by atoms with Crippen LogP contribution in [0.3, 0.4) is 0 Å². The van der Waals surface area contributed by atoms with Gasteiger partial charge in [0.05, 0.1) is 17.7 Å². The second-order valence-corrected chi connectivity index (χ2v) is 6.66. The highest BCUT2D eigenvalue weighted by Crippen LogP contribution is 2.30. The summed E-state index contributed by atoms with van der Waals surface area (Å²) in [6.45, 7) is 12.0. The monoisotopic (exact) mass is 416 g/mol. The third kappa shape index (κ3) is 8.71. The number of carboxylic acid groups (broad SMARTS) is 1. The summed E-state index contributed by atoms with van der Waals surface area (Å²) in [5.74, 6) is -1.45. The van der Waals surface area contributed by atoms with E-state index in [2.05, 4.69) is 19.9 Å². The number of carbonyl (C=O) groups is 1. The standard InChI is InChI=1S/C15H14N2O3.C7H16O.C2H6/c1-9-3-4-10(5-11(9)7-16)13-6-12(15(19)20)14(18)8-17(13)2;1-3-5-7-8-6-4-2;1-2/h3-6,8,13,18H,1-2H3,(H,19,20);3-7H2,1-2H3;1-2H3. The lowest BCUT2D eigenvalue weighted by Gasteiger charge is -2.29. The first-order valence-electron chi connectivity index (χ1n) is 10.5. The Kier molecular flexibility index (Phi) is 13.7. The van der Waals surface area contributed by atoms with Crippen LogP contribution in [0, 0.1) is 18.3 Å². The van der Waals surface area contributed by atoms with E-state index in [-0.39, 0.29) is 17.4 Å². The van der Waals surface area contributed by atoms with Crippen molar-refractivity contribution in [2.45, 2.75) is 59.9 Å². The molecule has 1 heterocycles. The average Bonchev–Trinajstić information content (AvgIpc) is 2.73. The number of nitriles is 1. The number of hydrogen-bond acceptors (Lipinski definition) is 5. The molecule has 30 heavy (non-hydrogen) atoms. The van der Waals surface area contributed by atoms with Gasteiger partial charge in [0.15, 0.2) is 0 Å². The second kappa shape index (κ2) is 15.1. The molecule has 0 radical (unpaired) electrons. The van der Waals surface area contributed by atoms with E-state index in [1.54, 1.807) is 18.0 Å². The summed E-state index contributed by atoms with van der Waals surface area (Å²) in [5.41, 5.74) is 2.10. The zero-order chi connectivity index (χ0) is 23.1. The Bertz CT molecular complexity index is 757. The van der Waals surface area contributed by atoms with E-state index in [1.165, 1.54) is 25.1 Å². The number of hydrogen-bond donors (Lipinski definition) is 2. The lowest BCUT2D eigenvalue weighted by molar-refractivity contribution is -0.132. The Morgan fingerprint density at radius 2 is 1.90 bits per heavy atom. The number of rotatable bonds is 7. The number of aliphatic carboxylic acids is 1. The molecule has 2 rings (SSSR count). The fourth-order valence-electron chi connectivity index (χ4n) is 2.65. The minimum Gasteiger partial charge on any atom is -0.506 e. The number of aliphatic hydroxyl groups excluding tert-OH is 1. The number of aryl methyl sites for hydroxylation is 1. The molecule has 0 saturated heterocycles. The van der Waals surface area contributed by atoms with Crippen LogP contribution in [0.1, 0.15) is 69.7 Å². The fraction of sp³-hybridized carbons (Fsp3) is 0.500. The van der Waals surface area contributed by atoms with Crippen molar-refractivity contribution >= 4 is 5.97 Å². The van der Waals surface area contributed by atoms with Gasteiger partial charge in [-0.25, -0.2) is 4.79 Å². The molecule has 0 spiro atoms. The number of unbranched alkanes of at least 4 members (excludes halogenated alkanes) is 1. The van der Waals surface area contributed by atoms with Crippen molar-refractivity contribution in [3.05, 3.63) is 58.5 Å². The predicted octanol–water partition coefficient (Wildman–Crippen LogP) is 5.50. The van der Waals surface area contributed by atoms with Crippen molar-refractivity contribution in [1.82, 2.24) is 4.90 Å². The average molecular weight is 417 g/mol. The molecule has 0 bridgehead atoms. The molecular formula is C24H36N2O4. The van der Waals surface area contributed by atoms with Gasteiger partial charge in [-0.05, 0) is 43.0 Å². The van der Waals surface area contributed by atoms with Gasteiger partial charge in [0, 0.05) is 26.5 Å². The zero-order valence-corrected chi connectivity index (χ0v) is 19.1. The number of benzene rings is 1. The Morgan fingerprint density at radius 3 is 2.43 bits per heavy atom. The molecular weight excluding hydrogens is 380 g/mol. The molecule has 6 nitrogen and oxygen atoms in total. The molecule has 0 aliphatic carbocycles. The highest BCUT2D eigenvalue weighted by Gasteiger charge is 2.24. The van der Waals surface area contributed by atoms with Gasteiger partial charge in [-0.1, -0.05) is 46.2 Å². The van der Waals surface area contributed by atoms with Gasteiger partial charge in [0.1, 0.15) is 11.3 Å². The number of ether oxygens (including phenoxy) is 1. The molecule has 0 aromatic heterocycles. The molecule has 0 amide bonds. The van der Waals surface area contributed by atoms with Crippen LogP contribution in [0.5, 0.6) is 0 Å². The molecule has 1 aromatic carbocycles. The van der Waals surface area contributed by atoms with Crippen molar-refractivity contribution in [3.63, 3.8) is 0 Å². The first-order chi connectivity index (χ1) is 14.3. The highest BCUT2D eigenvalue weighted by molar-refractivity contribution is 5.91. The summed E-state index contributed by atoms with van der Waals surface area (Å²) in [7, 11) is 1.74. The van der Waals surface area contributed by atoms with Gasteiger partial charge in [0.2, 0.25) is 0 Å². The van der Waals surface area contributed by atoms with E-state index in [0.717, 1.165) is 30.8 Å². The summed E-state index contributed by atoms with van der Waals surface area (Å²) >= 11 is 0. The van der Waals surface area contributed by atoms with Crippen LogP contribution < -0.4 is 0 Å². The SMILES string of the molecule is CC.CCCCOCCC.Cc1ccc(C2C=C(C(=O)O)C(O)=CN2C)cc1C#N. The van der Waals surface area contributed by atoms with Crippen molar-refractivity contribution in [2.75, 3.05) is 20.3 Å². The van der Waals surface area contributed by atoms with E-state index in [0.29, 0.717) is 5.56 Å². The van der Waals surface area contributed by atoms with Crippen LogP contribution in [0.2, 0.25) is 0 Å². The van der Waals surface area contributed by atoms with Gasteiger partial charge in [-0.3, -0.25) is 0 Å². The first-order valence-corrected chi connectivity index (χ1v) is 10.5. The van der Waals surface area contributed by atoms with Crippen LogP contribution in [0.25, 0.3) is 0 Å². The van der Waals surface area contributed by atoms with E-state index >= 15 is 0 Å². The zero-order valence-electron chi connectivity index (χ0n) is 19.1. The molecule has 6 heteroatoms. The lowest BCUT2D eigenvalue weighted by Crippen LogP contribution is -2.24. The maximum absolute atomic E-state index is 11.1. The highest BCUT2D eigenvalue weighted by atomic mass is 16.5. The third-order valence-electron chi connectivity index (χ3n) is 4.31. The molecule has 166 valence electrons. The van der Waals surface area contributed by atoms with E-state index in [1.807, 2.05) is 32.9 Å². The minimum atomic E-state index is -1.18. The molecule has 0 fully saturated rings. The van der Waals surface area contributed by atoms with Gasteiger partial charge in [-0.15, -0.1) is 0 Å². The summed E-state index contributed by atoms with van der Waals surface area (Å²) in [6, 6.07) is 7.20.